The standard InChI is InChI=1S/C15H22F2N2O3/c1-4-9(5-2)13(20)8-18-15(21)19-10-6-11(16)14(22-3)12(17)7-10/h6-7,9,13,20H,4-5,8H2,1-3H3,(H2,18,19,21). The Balaban J connectivity index is 2.59. The minimum atomic E-state index is -0.908. The van der Waals surface area contributed by atoms with E-state index in [1.807, 2.05) is 13.8 Å². The maximum absolute atomic E-state index is 13.5. The number of amides is 2. The number of aliphatic hydroxyl groups is 1. The fraction of sp³-hybridized carbons (Fsp3) is 0.533. The zero-order valence-electron chi connectivity index (χ0n) is 13.0. The fourth-order valence-electron chi connectivity index (χ4n) is 2.20. The van der Waals surface area contributed by atoms with E-state index < -0.39 is 29.5 Å². The van der Waals surface area contributed by atoms with Crippen LogP contribution >= 0.6 is 0 Å². The van der Waals surface area contributed by atoms with E-state index >= 15 is 0 Å². The fourth-order valence-corrected chi connectivity index (χ4v) is 2.20. The van der Waals surface area contributed by atoms with E-state index in [0.717, 1.165) is 32.1 Å². The molecule has 0 aliphatic carbocycles. The molecule has 124 valence electrons. The number of carbonyl (C=O) groups is 1. The molecule has 2 amide bonds. The summed E-state index contributed by atoms with van der Waals surface area (Å²) >= 11 is 0. The predicted molar refractivity (Wildman–Crippen MR) is 80.0 cm³/mol. The third kappa shape index (κ3) is 4.84. The Kier molecular flexibility index (Phi) is 7.04. The maximum Gasteiger partial charge on any atom is 0.319 e. The number of methoxy groups -OCH3 is 1. The summed E-state index contributed by atoms with van der Waals surface area (Å²) in [5.74, 6) is -2.23. The number of nitrogens with one attached hydrogen (secondary N) is 2. The molecule has 0 bridgehead atoms. The number of aliphatic hydroxyl groups excluding tert-OH is 1. The molecule has 5 nitrogen and oxygen atoms in total. The second kappa shape index (κ2) is 8.53. The van der Waals surface area contributed by atoms with Crippen molar-refractivity contribution >= 4 is 11.7 Å². The second-order valence-electron chi connectivity index (χ2n) is 4.95. The monoisotopic (exact) mass is 316 g/mol. The van der Waals surface area contributed by atoms with E-state index in [1.165, 1.54) is 0 Å². The summed E-state index contributed by atoms with van der Waals surface area (Å²) in [5, 5.41) is 14.7. The number of hydrogen-bond donors (Lipinski definition) is 3. The van der Waals surface area contributed by atoms with Crippen LogP contribution in [0.3, 0.4) is 0 Å². The molecule has 1 aromatic rings. The molecule has 1 aromatic carbocycles. The van der Waals surface area contributed by atoms with Crippen molar-refractivity contribution in [2.75, 3.05) is 19.0 Å². The normalized spacial score (nSPS) is 12.1. The van der Waals surface area contributed by atoms with Gasteiger partial charge in [0.25, 0.3) is 0 Å². The Morgan fingerprint density at radius 3 is 2.27 bits per heavy atom. The largest absolute Gasteiger partial charge is 0.491 e. The van der Waals surface area contributed by atoms with Crippen LogP contribution in [0.15, 0.2) is 12.1 Å². The smallest absolute Gasteiger partial charge is 0.319 e. The van der Waals surface area contributed by atoms with Crippen molar-refractivity contribution in [2.45, 2.75) is 32.8 Å². The lowest BCUT2D eigenvalue weighted by Gasteiger charge is -2.20. The molecule has 1 atom stereocenters. The van der Waals surface area contributed by atoms with Crippen molar-refractivity contribution in [2.24, 2.45) is 5.92 Å². The number of carbonyl (C=O) groups excluding carboxylic acids is 1. The Hall–Kier alpha value is -1.89. The van der Waals surface area contributed by atoms with Crippen LogP contribution in [0.25, 0.3) is 0 Å². The van der Waals surface area contributed by atoms with Crippen LogP contribution < -0.4 is 15.4 Å². The lowest BCUT2D eigenvalue weighted by atomic mass is 9.97. The van der Waals surface area contributed by atoms with E-state index in [4.69, 9.17) is 0 Å². The lowest BCUT2D eigenvalue weighted by Crippen LogP contribution is -2.38. The predicted octanol–water partition coefficient (Wildman–Crippen LogP) is 2.89. The molecule has 0 aromatic heterocycles. The molecule has 0 radical (unpaired) electrons. The van der Waals surface area contributed by atoms with E-state index in [-0.39, 0.29) is 18.2 Å². The van der Waals surface area contributed by atoms with E-state index in [2.05, 4.69) is 15.4 Å². The van der Waals surface area contributed by atoms with Gasteiger partial charge < -0.3 is 20.5 Å². The van der Waals surface area contributed by atoms with Crippen molar-refractivity contribution in [3.63, 3.8) is 0 Å². The van der Waals surface area contributed by atoms with Crippen LogP contribution in [0, 0.1) is 17.6 Å². The molecule has 7 heteroatoms. The third-order valence-electron chi connectivity index (χ3n) is 3.52. The zero-order valence-corrected chi connectivity index (χ0v) is 13.0. The molecule has 0 saturated carbocycles. The SMILES string of the molecule is CCC(CC)C(O)CNC(=O)Nc1cc(F)c(OC)c(F)c1. The first-order valence-corrected chi connectivity index (χ1v) is 7.18. The summed E-state index contributed by atoms with van der Waals surface area (Å²) in [6, 6.07) is 1.27. The topological polar surface area (TPSA) is 70.6 Å². The Bertz CT molecular complexity index is 485. The van der Waals surface area contributed by atoms with Gasteiger partial charge in [-0.3, -0.25) is 0 Å². The second-order valence-corrected chi connectivity index (χ2v) is 4.95. The van der Waals surface area contributed by atoms with Gasteiger partial charge in [0.2, 0.25) is 0 Å². The molecule has 0 spiro atoms. The van der Waals surface area contributed by atoms with Crippen LogP contribution in [-0.2, 0) is 0 Å². The summed E-state index contributed by atoms with van der Waals surface area (Å²) in [5.41, 5.74) is -0.0367. The minimum Gasteiger partial charge on any atom is -0.491 e. The molecule has 1 unspecified atom stereocenters. The molecule has 22 heavy (non-hydrogen) atoms. The van der Waals surface area contributed by atoms with E-state index in [1.54, 1.807) is 0 Å². The Labute approximate surface area is 128 Å². The molecule has 0 aliphatic rings. The van der Waals surface area contributed by atoms with Gasteiger partial charge in [0.05, 0.1) is 13.2 Å². The van der Waals surface area contributed by atoms with Gasteiger partial charge >= 0.3 is 6.03 Å². The summed E-state index contributed by atoms with van der Waals surface area (Å²) in [6.07, 6.45) is 0.941. The van der Waals surface area contributed by atoms with Gasteiger partial charge in [0, 0.05) is 24.4 Å². The number of anilines is 1. The van der Waals surface area contributed by atoms with Crippen molar-refractivity contribution in [1.82, 2.24) is 5.32 Å². The number of ether oxygens (including phenoxy) is 1. The van der Waals surface area contributed by atoms with Crippen molar-refractivity contribution < 1.29 is 23.4 Å². The number of benzene rings is 1. The van der Waals surface area contributed by atoms with Gasteiger partial charge in [-0.1, -0.05) is 26.7 Å². The molecule has 0 heterocycles. The average Bonchev–Trinajstić information content (AvgIpc) is 2.46. The van der Waals surface area contributed by atoms with Gasteiger partial charge in [0.1, 0.15) is 0 Å². The third-order valence-corrected chi connectivity index (χ3v) is 3.52. The number of halogens is 2. The number of rotatable bonds is 7. The Morgan fingerprint density at radius 1 is 1.27 bits per heavy atom. The van der Waals surface area contributed by atoms with Gasteiger partial charge in [-0.15, -0.1) is 0 Å². The van der Waals surface area contributed by atoms with Crippen LogP contribution in [0.2, 0.25) is 0 Å². The quantitative estimate of drug-likeness (QED) is 0.724. The van der Waals surface area contributed by atoms with Crippen LogP contribution in [0.1, 0.15) is 26.7 Å². The number of hydrogen-bond acceptors (Lipinski definition) is 3. The molecule has 0 fully saturated rings. The summed E-state index contributed by atoms with van der Waals surface area (Å²) in [4.78, 5) is 11.7. The molecular formula is C15H22F2N2O3. The number of urea groups is 1. The molecular weight excluding hydrogens is 294 g/mol. The van der Waals surface area contributed by atoms with Crippen molar-refractivity contribution in [1.29, 1.82) is 0 Å². The summed E-state index contributed by atoms with van der Waals surface area (Å²) in [6.45, 7) is 3.99. The zero-order chi connectivity index (χ0) is 16.7. The van der Waals surface area contributed by atoms with Gasteiger partial charge in [0.15, 0.2) is 17.4 Å². The highest BCUT2D eigenvalue weighted by molar-refractivity contribution is 5.89. The molecule has 0 saturated heterocycles. The van der Waals surface area contributed by atoms with Crippen LogP contribution in [0.5, 0.6) is 5.75 Å². The molecule has 0 aliphatic heterocycles. The molecule has 1 rings (SSSR count). The van der Waals surface area contributed by atoms with Crippen molar-refractivity contribution in [3.8, 4) is 5.75 Å². The lowest BCUT2D eigenvalue weighted by molar-refractivity contribution is 0.104. The first-order chi connectivity index (χ1) is 10.4. The highest BCUT2D eigenvalue weighted by Gasteiger charge is 2.17. The van der Waals surface area contributed by atoms with E-state index in [9.17, 15) is 18.7 Å². The highest BCUT2D eigenvalue weighted by atomic mass is 19.1. The van der Waals surface area contributed by atoms with Gasteiger partial charge in [-0.2, -0.15) is 0 Å². The van der Waals surface area contributed by atoms with E-state index in [0.29, 0.717) is 0 Å². The first kappa shape index (κ1) is 18.2. The minimum absolute atomic E-state index is 0.0367. The average molecular weight is 316 g/mol. The van der Waals surface area contributed by atoms with Crippen LogP contribution in [-0.4, -0.2) is 30.9 Å². The summed E-state index contributed by atoms with van der Waals surface area (Å²) in [7, 11) is 1.15. The summed E-state index contributed by atoms with van der Waals surface area (Å²) < 4.78 is 31.5. The Morgan fingerprint density at radius 2 is 1.82 bits per heavy atom. The molecule has 3 N–H and O–H groups in total. The van der Waals surface area contributed by atoms with Crippen LogP contribution in [0.4, 0.5) is 19.3 Å². The van der Waals surface area contributed by atoms with Gasteiger partial charge in [-0.25, -0.2) is 13.6 Å². The van der Waals surface area contributed by atoms with Crippen molar-refractivity contribution in [3.05, 3.63) is 23.8 Å². The maximum atomic E-state index is 13.5. The first-order valence-electron chi connectivity index (χ1n) is 7.18. The highest BCUT2D eigenvalue weighted by Crippen LogP contribution is 2.25. The van der Waals surface area contributed by atoms with Gasteiger partial charge in [-0.05, 0) is 5.92 Å².